The van der Waals surface area contributed by atoms with Crippen LogP contribution in [0.5, 0.6) is 0 Å². The number of halogens is 1. The van der Waals surface area contributed by atoms with Crippen molar-refractivity contribution in [3.8, 4) is 0 Å². The Balaban J connectivity index is 1.78. The number of amides is 1. The second-order valence-electron chi connectivity index (χ2n) is 5.84. The van der Waals surface area contributed by atoms with Crippen molar-refractivity contribution >= 4 is 17.5 Å². The van der Waals surface area contributed by atoms with Crippen molar-refractivity contribution in [1.82, 2.24) is 14.9 Å². The molecule has 1 fully saturated rings. The fraction of sp³-hybridized carbons (Fsp3) is 0.353. The Hall–Kier alpha value is -1.98. The van der Waals surface area contributed by atoms with E-state index in [1.54, 1.807) is 12.4 Å². The number of hydrogen-bond acceptors (Lipinski definition) is 4. The van der Waals surface area contributed by atoms with E-state index in [0.717, 1.165) is 41.4 Å². The summed E-state index contributed by atoms with van der Waals surface area (Å²) in [6, 6.07) is 7.86. The number of nitrogens with zero attached hydrogens (tertiary/aromatic N) is 3. The molecule has 3 rings (SSSR count). The minimum Gasteiger partial charge on any atom is -0.369 e. The van der Waals surface area contributed by atoms with E-state index in [2.05, 4.69) is 9.88 Å². The fourth-order valence-corrected chi connectivity index (χ4v) is 3.29. The first-order valence-electron chi connectivity index (χ1n) is 7.69. The molecule has 2 heterocycles. The molecule has 23 heavy (non-hydrogen) atoms. The molecule has 5 nitrogen and oxygen atoms in total. The van der Waals surface area contributed by atoms with Crippen molar-refractivity contribution in [3.63, 3.8) is 0 Å². The van der Waals surface area contributed by atoms with Gasteiger partial charge in [0.1, 0.15) is 0 Å². The van der Waals surface area contributed by atoms with Gasteiger partial charge < -0.3 is 5.73 Å². The first-order valence-corrected chi connectivity index (χ1v) is 8.07. The molecule has 1 aromatic carbocycles. The summed E-state index contributed by atoms with van der Waals surface area (Å²) in [5.74, 6) is -0.306. The highest BCUT2D eigenvalue weighted by molar-refractivity contribution is 6.30. The summed E-state index contributed by atoms with van der Waals surface area (Å²) >= 11 is 6.03. The van der Waals surface area contributed by atoms with Crippen molar-refractivity contribution in [3.05, 3.63) is 58.6 Å². The van der Waals surface area contributed by atoms with Gasteiger partial charge in [-0.05, 0) is 37.1 Å². The molecule has 0 unspecified atom stereocenters. The van der Waals surface area contributed by atoms with E-state index in [1.807, 2.05) is 24.3 Å². The van der Waals surface area contributed by atoms with Crippen LogP contribution in [0.2, 0.25) is 5.02 Å². The van der Waals surface area contributed by atoms with Crippen molar-refractivity contribution in [2.24, 2.45) is 5.73 Å². The lowest BCUT2D eigenvalue weighted by molar-refractivity contribution is -0.119. The van der Waals surface area contributed by atoms with Gasteiger partial charge >= 0.3 is 0 Å². The van der Waals surface area contributed by atoms with Crippen LogP contribution in [0.15, 0.2) is 36.7 Å². The van der Waals surface area contributed by atoms with Crippen molar-refractivity contribution < 1.29 is 4.79 Å². The summed E-state index contributed by atoms with van der Waals surface area (Å²) in [6.07, 6.45) is 6.26. The zero-order valence-electron chi connectivity index (χ0n) is 12.8. The zero-order valence-corrected chi connectivity index (χ0v) is 13.5. The average Bonchev–Trinajstić information content (AvgIpc) is 2.95. The van der Waals surface area contributed by atoms with Crippen LogP contribution in [0.4, 0.5) is 0 Å². The fourth-order valence-electron chi connectivity index (χ4n) is 3.08. The van der Waals surface area contributed by atoms with Gasteiger partial charge in [0.2, 0.25) is 5.91 Å². The number of likely N-dealkylation sites (tertiary alicyclic amines) is 1. The number of aromatic nitrogens is 2. The highest BCUT2D eigenvalue weighted by Gasteiger charge is 2.28. The summed E-state index contributed by atoms with van der Waals surface area (Å²) in [6.45, 7) is 1.14. The molecule has 6 heteroatoms. The predicted octanol–water partition coefficient (Wildman–Crippen LogP) is 2.34. The SMILES string of the molecule is NC(=O)CN1CCC[C@H]1c1cncc(Cc2cccc(Cl)c2)n1. The molecule has 1 amide bonds. The van der Waals surface area contributed by atoms with Crippen LogP contribution in [0.1, 0.15) is 35.8 Å². The summed E-state index contributed by atoms with van der Waals surface area (Å²) in [7, 11) is 0. The number of nitrogens with two attached hydrogens (primary N) is 1. The van der Waals surface area contributed by atoms with Gasteiger partial charge in [-0.2, -0.15) is 0 Å². The predicted molar refractivity (Wildman–Crippen MR) is 89.0 cm³/mol. The normalized spacial score (nSPS) is 18.2. The van der Waals surface area contributed by atoms with E-state index in [0.29, 0.717) is 6.42 Å². The molecule has 1 aliphatic heterocycles. The van der Waals surface area contributed by atoms with E-state index in [4.69, 9.17) is 22.3 Å². The highest BCUT2D eigenvalue weighted by Crippen LogP contribution is 2.30. The lowest BCUT2D eigenvalue weighted by atomic mass is 10.1. The topological polar surface area (TPSA) is 72.1 Å². The van der Waals surface area contributed by atoms with E-state index < -0.39 is 0 Å². The van der Waals surface area contributed by atoms with Gasteiger partial charge in [-0.15, -0.1) is 0 Å². The second kappa shape index (κ2) is 7.06. The Morgan fingerprint density at radius 3 is 3.04 bits per heavy atom. The molecular weight excluding hydrogens is 312 g/mol. The maximum Gasteiger partial charge on any atom is 0.231 e. The van der Waals surface area contributed by atoms with Crippen LogP contribution in [0, 0.1) is 0 Å². The van der Waals surface area contributed by atoms with Crippen molar-refractivity contribution in [2.45, 2.75) is 25.3 Å². The van der Waals surface area contributed by atoms with Crippen LogP contribution < -0.4 is 5.73 Å². The molecule has 120 valence electrons. The highest BCUT2D eigenvalue weighted by atomic mass is 35.5. The van der Waals surface area contributed by atoms with Crippen molar-refractivity contribution in [2.75, 3.05) is 13.1 Å². The van der Waals surface area contributed by atoms with Gasteiger partial charge in [-0.3, -0.25) is 19.7 Å². The Labute approximate surface area is 140 Å². The summed E-state index contributed by atoms with van der Waals surface area (Å²) in [5, 5.41) is 0.718. The van der Waals surface area contributed by atoms with Crippen LogP contribution in [0.25, 0.3) is 0 Å². The third-order valence-electron chi connectivity index (χ3n) is 4.04. The smallest absolute Gasteiger partial charge is 0.231 e. The summed E-state index contributed by atoms with van der Waals surface area (Å²) in [4.78, 5) is 22.3. The Bertz CT molecular complexity index is 706. The zero-order chi connectivity index (χ0) is 16.2. The third kappa shape index (κ3) is 4.06. The molecule has 1 saturated heterocycles. The largest absolute Gasteiger partial charge is 0.369 e. The van der Waals surface area contributed by atoms with Crippen LogP contribution in [-0.2, 0) is 11.2 Å². The average molecular weight is 331 g/mol. The van der Waals surface area contributed by atoms with Crippen molar-refractivity contribution in [1.29, 1.82) is 0 Å². The molecule has 1 atom stereocenters. The lowest BCUT2D eigenvalue weighted by Gasteiger charge is -2.22. The number of hydrogen-bond donors (Lipinski definition) is 1. The van der Waals surface area contributed by atoms with Gasteiger partial charge in [-0.1, -0.05) is 23.7 Å². The standard InChI is InChI=1S/C17H19ClN4O/c18-13-4-1-3-12(7-13)8-14-9-20-10-15(21-14)16-5-2-6-22(16)11-17(19)23/h1,3-4,7,9-10,16H,2,5-6,8,11H2,(H2,19,23)/t16-/m0/s1. The Kier molecular flexibility index (Phi) is 4.88. The maximum absolute atomic E-state index is 11.2. The van der Waals surface area contributed by atoms with Gasteiger partial charge in [0.15, 0.2) is 0 Å². The third-order valence-corrected chi connectivity index (χ3v) is 4.28. The minimum atomic E-state index is -0.306. The maximum atomic E-state index is 11.2. The Morgan fingerprint density at radius 1 is 1.39 bits per heavy atom. The second-order valence-corrected chi connectivity index (χ2v) is 6.27. The molecule has 1 aliphatic rings. The van der Waals surface area contributed by atoms with Gasteiger partial charge in [0.05, 0.1) is 24.0 Å². The molecule has 2 N–H and O–H groups in total. The van der Waals surface area contributed by atoms with Gasteiger partial charge in [-0.25, -0.2) is 0 Å². The first kappa shape index (κ1) is 15.9. The van der Waals surface area contributed by atoms with Crippen LogP contribution in [0.3, 0.4) is 0 Å². The van der Waals surface area contributed by atoms with Gasteiger partial charge in [0, 0.05) is 23.8 Å². The first-order chi connectivity index (χ1) is 11.1. The number of primary amides is 1. The molecule has 0 radical (unpaired) electrons. The number of carbonyl (C=O) groups excluding carboxylic acids is 1. The van der Waals surface area contributed by atoms with E-state index in [-0.39, 0.29) is 18.5 Å². The number of benzene rings is 1. The van der Waals surface area contributed by atoms with Crippen LogP contribution >= 0.6 is 11.6 Å². The molecule has 0 spiro atoms. The Morgan fingerprint density at radius 2 is 2.26 bits per heavy atom. The monoisotopic (exact) mass is 330 g/mol. The number of carbonyl (C=O) groups is 1. The van der Waals surface area contributed by atoms with E-state index in [9.17, 15) is 4.79 Å². The molecule has 0 bridgehead atoms. The quantitative estimate of drug-likeness (QED) is 0.913. The molecule has 0 aliphatic carbocycles. The number of rotatable bonds is 5. The van der Waals surface area contributed by atoms with E-state index >= 15 is 0 Å². The molecule has 1 aromatic heterocycles. The summed E-state index contributed by atoms with van der Waals surface area (Å²) in [5.41, 5.74) is 8.24. The van der Waals surface area contributed by atoms with Crippen LogP contribution in [-0.4, -0.2) is 33.9 Å². The van der Waals surface area contributed by atoms with E-state index in [1.165, 1.54) is 0 Å². The lowest BCUT2D eigenvalue weighted by Crippen LogP contribution is -2.33. The molecule has 2 aromatic rings. The van der Waals surface area contributed by atoms with Gasteiger partial charge in [0.25, 0.3) is 0 Å². The molecular formula is C17H19ClN4O. The summed E-state index contributed by atoms with van der Waals surface area (Å²) < 4.78 is 0. The minimum absolute atomic E-state index is 0.120. The molecule has 0 saturated carbocycles.